The summed E-state index contributed by atoms with van der Waals surface area (Å²) < 4.78 is 7.74. The molecule has 3 rings (SSSR count). The summed E-state index contributed by atoms with van der Waals surface area (Å²) in [6.07, 6.45) is 0. The fourth-order valence-electron chi connectivity index (χ4n) is 2.13. The highest BCUT2D eigenvalue weighted by molar-refractivity contribution is 7.24. The number of ether oxygens (including phenoxy) is 1. The van der Waals surface area contributed by atoms with Gasteiger partial charge in [-0.05, 0) is 36.2 Å². The molecule has 0 aliphatic heterocycles. The molecule has 0 aliphatic carbocycles. The Morgan fingerprint density at radius 3 is 2.60 bits per heavy atom. The van der Waals surface area contributed by atoms with Crippen molar-refractivity contribution >= 4 is 31.5 Å². The van der Waals surface area contributed by atoms with E-state index < -0.39 is 0 Å². The van der Waals surface area contributed by atoms with E-state index in [1.54, 1.807) is 11.3 Å². The van der Waals surface area contributed by atoms with E-state index in [0.717, 1.165) is 25.9 Å². The fourth-order valence-corrected chi connectivity index (χ4v) is 3.19. The van der Waals surface area contributed by atoms with Gasteiger partial charge in [0.2, 0.25) is 0 Å². The van der Waals surface area contributed by atoms with Gasteiger partial charge in [-0.3, -0.25) is 4.79 Å². The maximum Gasteiger partial charge on any atom is 0.196 e. The molecule has 0 saturated heterocycles. The third-order valence-corrected chi connectivity index (χ3v) is 4.28. The molecule has 2 aromatic carbocycles. The van der Waals surface area contributed by atoms with Gasteiger partial charge in [0.25, 0.3) is 0 Å². The van der Waals surface area contributed by atoms with Gasteiger partial charge in [-0.25, -0.2) is 0 Å². The Bertz CT molecular complexity index is 818. The molecule has 0 fully saturated rings. The molecule has 0 N–H and O–H groups in total. The van der Waals surface area contributed by atoms with Crippen molar-refractivity contribution in [3.05, 3.63) is 52.7 Å². The number of rotatable bonds is 3. The molecule has 3 aromatic rings. The summed E-state index contributed by atoms with van der Waals surface area (Å²) in [5.41, 5.74) is 0.0874. The molecule has 1 aromatic heterocycles. The maximum atomic E-state index is 12.5. The van der Waals surface area contributed by atoms with Crippen LogP contribution in [0.4, 0.5) is 0 Å². The second kappa shape index (κ2) is 5.25. The van der Waals surface area contributed by atoms with Crippen LogP contribution >= 0.6 is 11.3 Å². The van der Waals surface area contributed by atoms with Gasteiger partial charge in [0, 0.05) is 20.2 Å². The summed E-state index contributed by atoms with van der Waals surface area (Å²) in [6.45, 7) is 4.88. The van der Waals surface area contributed by atoms with Crippen LogP contribution in [0.25, 0.3) is 20.2 Å². The van der Waals surface area contributed by atoms with Gasteiger partial charge in [-0.15, -0.1) is 11.3 Å². The third kappa shape index (κ3) is 2.41. The molecule has 3 heteroatoms. The molecule has 0 amide bonds. The normalized spacial score (nSPS) is 11.3. The molecular weight excluding hydrogens is 268 g/mol. The standard InChI is InChI=1S/C17H16O2S/c1-11(2)10-19-12-7-8-16-14(9-12)17(18)13-5-3-4-6-15(13)20-16/h3-9,11H,10H2,1-2H3. The average Bonchev–Trinajstić information content (AvgIpc) is 2.46. The second-order valence-electron chi connectivity index (χ2n) is 5.29. The van der Waals surface area contributed by atoms with E-state index in [4.69, 9.17) is 4.74 Å². The Labute approximate surface area is 121 Å². The summed E-state index contributed by atoms with van der Waals surface area (Å²) in [5, 5.41) is 1.53. The lowest BCUT2D eigenvalue weighted by atomic mass is 10.2. The van der Waals surface area contributed by atoms with Crippen molar-refractivity contribution < 1.29 is 4.74 Å². The molecular formula is C17H16O2S. The van der Waals surface area contributed by atoms with E-state index in [9.17, 15) is 4.79 Å². The average molecular weight is 284 g/mol. The lowest BCUT2D eigenvalue weighted by molar-refractivity contribution is 0.271. The highest BCUT2D eigenvalue weighted by Gasteiger charge is 2.07. The molecule has 102 valence electrons. The van der Waals surface area contributed by atoms with E-state index in [-0.39, 0.29) is 5.43 Å². The van der Waals surface area contributed by atoms with E-state index in [1.165, 1.54) is 0 Å². The zero-order chi connectivity index (χ0) is 14.1. The molecule has 0 aliphatic rings. The predicted octanol–water partition coefficient (Wildman–Crippen LogP) is 4.45. The third-order valence-electron chi connectivity index (χ3n) is 3.13. The Morgan fingerprint density at radius 1 is 1.05 bits per heavy atom. The van der Waals surface area contributed by atoms with Gasteiger partial charge in [0.15, 0.2) is 5.43 Å². The van der Waals surface area contributed by atoms with Crippen molar-refractivity contribution in [1.82, 2.24) is 0 Å². The first-order valence-corrected chi connectivity index (χ1v) is 7.55. The topological polar surface area (TPSA) is 26.3 Å². The minimum Gasteiger partial charge on any atom is -0.493 e. The molecule has 0 bridgehead atoms. The Morgan fingerprint density at radius 2 is 1.80 bits per heavy atom. The maximum absolute atomic E-state index is 12.5. The van der Waals surface area contributed by atoms with Crippen molar-refractivity contribution in [2.75, 3.05) is 6.61 Å². The lowest BCUT2D eigenvalue weighted by Gasteiger charge is -2.09. The van der Waals surface area contributed by atoms with Crippen LogP contribution in [0.15, 0.2) is 47.3 Å². The van der Waals surface area contributed by atoms with Gasteiger partial charge in [-0.1, -0.05) is 26.0 Å². The van der Waals surface area contributed by atoms with Gasteiger partial charge >= 0.3 is 0 Å². The van der Waals surface area contributed by atoms with Crippen molar-refractivity contribution in [2.24, 2.45) is 5.92 Å². The summed E-state index contributed by atoms with van der Waals surface area (Å²) in [5.74, 6) is 1.24. The van der Waals surface area contributed by atoms with Gasteiger partial charge in [0.05, 0.1) is 6.61 Å². The molecule has 2 nitrogen and oxygen atoms in total. The summed E-state index contributed by atoms with van der Waals surface area (Å²) >= 11 is 1.64. The van der Waals surface area contributed by atoms with E-state index in [2.05, 4.69) is 13.8 Å². The van der Waals surface area contributed by atoms with Gasteiger partial charge in [-0.2, -0.15) is 0 Å². The zero-order valence-electron chi connectivity index (χ0n) is 11.6. The van der Waals surface area contributed by atoms with Crippen LogP contribution in [0.2, 0.25) is 0 Å². The molecule has 0 saturated carbocycles. The SMILES string of the molecule is CC(C)COc1ccc2sc3ccccc3c(=O)c2c1. The smallest absolute Gasteiger partial charge is 0.196 e. The number of benzene rings is 2. The van der Waals surface area contributed by atoms with Gasteiger partial charge in [0.1, 0.15) is 5.75 Å². The largest absolute Gasteiger partial charge is 0.493 e. The molecule has 0 spiro atoms. The quantitative estimate of drug-likeness (QED) is 0.664. The van der Waals surface area contributed by atoms with Crippen LogP contribution in [0.3, 0.4) is 0 Å². The minimum absolute atomic E-state index is 0.0874. The molecule has 1 heterocycles. The Balaban J connectivity index is 2.16. The Hall–Kier alpha value is -1.87. The van der Waals surface area contributed by atoms with Crippen molar-refractivity contribution in [2.45, 2.75) is 13.8 Å². The second-order valence-corrected chi connectivity index (χ2v) is 6.37. The highest BCUT2D eigenvalue weighted by Crippen LogP contribution is 2.27. The first-order valence-electron chi connectivity index (χ1n) is 6.73. The number of hydrogen-bond donors (Lipinski definition) is 0. The summed E-state index contributed by atoms with van der Waals surface area (Å²) in [4.78, 5) is 12.5. The summed E-state index contributed by atoms with van der Waals surface area (Å²) in [7, 11) is 0. The first kappa shape index (κ1) is 13.1. The highest BCUT2D eigenvalue weighted by atomic mass is 32.1. The minimum atomic E-state index is 0.0874. The fraction of sp³-hybridized carbons (Fsp3) is 0.235. The van der Waals surface area contributed by atoms with Crippen LogP contribution in [0.1, 0.15) is 13.8 Å². The van der Waals surface area contributed by atoms with Crippen LogP contribution in [0.5, 0.6) is 5.75 Å². The van der Waals surface area contributed by atoms with Crippen LogP contribution in [0, 0.1) is 5.92 Å². The molecule has 20 heavy (non-hydrogen) atoms. The van der Waals surface area contributed by atoms with E-state index in [1.807, 2.05) is 42.5 Å². The van der Waals surface area contributed by atoms with Crippen molar-refractivity contribution in [3.8, 4) is 5.75 Å². The van der Waals surface area contributed by atoms with Crippen LogP contribution in [-0.2, 0) is 0 Å². The molecule has 0 radical (unpaired) electrons. The van der Waals surface area contributed by atoms with Crippen LogP contribution in [-0.4, -0.2) is 6.61 Å². The van der Waals surface area contributed by atoms with E-state index in [0.29, 0.717) is 12.5 Å². The number of fused-ring (bicyclic) bond motifs is 2. The van der Waals surface area contributed by atoms with Crippen LogP contribution < -0.4 is 10.2 Å². The monoisotopic (exact) mass is 284 g/mol. The van der Waals surface area contributed by atoms with E-state index >= 15 is 0 Å². The lowest BCUT2D eigenvalue weighted by Crippen LogP contribution is -2.05. The molecule has 0 unspecified atom stereocenters. The zero-order valence-corrected chi connectivity index (χ0v) is 12.4. The first-order chi connectivity index (χ1) is 9.65. The predicted molar refractivity (Wildman–Crippen MR) is 85.9 cm³/mol. The Kier molecular flexibility index (Phi) is 3.45. The molecule has 0 atom stereocenters. The summed E-state index contributed by atoms with van der Waals surface area (Å²) in [6, 6.07) is 13.5. The van der Waals surface area contributed by atoms with Crippen molar-refractivity contribution in [1.29, 1.82) is 0 Å². The van der Waals surface area contributed by atoms with Crippen molar-refractivity contribution in [3.63, 3.8) is 0 Å². The van der Waals surface area contributed by atoms with Gasteiger partial charge < -0.3 is 4.74 Å². The number of hydrogen-bond acceptors (Lipinski definition) is 3.